The minimum absolute atomic E-state index is 0. The van der Waals surface area contributed by atoms with Crippen molar-refractivity contribution in [2.45, 2.75) is 156 Å². The fourth-order valence-electron chi connectivity index (χ4n) is 5.08. The molecule has 0 fully saturated rings. The smallest absolute Gasteiger partial charge is 0.135 e. The molecule has 0 aliphatic heterocycles. The number of hydrogen-bond acceptors (Lipinski definition) is 2. The van der Waals surface area contributed by atoms with Crippen molar-refractivity contribution >= 4 is 22.8 Å². The Kier molecular flexibility index (Phi) is 26.0. The molecule has 0 aromatic heterocycles. The Morgan fingerprint density at radius 3 is 1.47 bits per heavy atom. The Balaban J connectivity index is 0.0000110. The third-order valence-corrected chi connectivity index (χ3v) is 7.88. The second kappa shape index (κ2) is 29.1. The summed E-state index contributed by atoms with van der Waals surface area (Å²) in [5.74, 6) is 20.4. The first-order valence-electron chi connectivity index (χ1n) is 18.5. The van der Waals surface area contributed by atoms with E-state index in [1.165, 1.54) is 83.5 Å². The van der Waals surface area contributed by atoms with Crippen LogP contribution in [0.3, 0.4) is 0 Å². The summed E-state index contributed by atoms with van der Waals surface area (Å²) >= 11 is 0. The molecule has 2 aromatic rings. The van der Waals surface area contributed by atoms with E-state index in [4.69, 9.17) is 9.98 Å². The molecule has 0 saturated carbocycles. The van der Waals surface area contributed by atoms with Gasteiger partial charge in [-0.3, -0.25) is 4.99 Å². The molecule has 2 nitrogen and oxygen atoms in total. The van der Waals surface area contributed by atoms with E-state index in [1.54, 1.807) is 0 Å². The molecule has 3 heteroatoms. The van der Waals surface area contributed by atoms with Crippen LogP contribution in [-0.2, 0) is 16.5 Å². The second-order valence-corrected chi connectivity index (χ2v) is 12.3. The minimum atomic E-state index is 0. The molecule has 0 spiro atoms. The fraction of sp³-hybridized carbons (Fsp3) is 0.545. The summed E-state index contributed by atoms with van der Waals surface area (Å²) in [4.78, 5) is 10.3. The first kappa shape index (κ1) is 42.0. The zero-order valence-electron chi connectivity index (χ0n) is 30.0. The van der Waals surface area contributed by atoms with E-state index in [2.05, 4.69) is 112 Å². The van der Waals surface area contributed by atoms with Crippen LogP contribution in [0, 0.1) is 35.5 Å². The van der Waals surface area contributed by atoms with E-state index in [1.807, 2.05) is 0 Å². The van der Waals surface area contributed by atoms with E-state index >= 15 is 0 Å². The van der Waals surface area contributed by atoms with Crippen LogP contribution in [0.5, 0.6) is 0 Å². The van der Waals surface area contributed by atoms with Crippen LogP contribution in [0.4, 0.5) is 11.4 Å². The van der Waals surface area contributed by atoms with Crippen molar-refractivity contribution < 1.29 is 16.5 Å². The van der Waals surface area contributed by atoms with E-state index in [9.17, 15) is 0 Å². The molecule has 0 saturated heterocycles. The molecule has 0 atom stereocenters. The third kappa shape index (κ3) is 20.7. The summed E-state index contributed by atoms with van der Waals surface area (Å²) < 4.78 is 0. The zero-order valence-corrected chi connectivity index (χ0v) is 31.0. The number of nitrogens with zero attached hydrogens (tertiary/aromatic N) is 2. The molecule has 0 aliphatic rings. The summed E-state index contributed by atoms with van der Waals surface area (Å²) in [5, 5.41) is 0. The molecule has 2 rings (SSSR count). The predicted octanol–water partition coefficient (Wildman–Crippen LogP) is 13.1. The first-order valence-corrected chi connectivity index (χ1v) is 18.5. The largest absolute Gasteiger partial charge is 0.250 e. The quantitative estimate of drug-likeness (QED) is 0.0578. The molecule has 0 N–H and O–H groups in total. The van der Waals surface area contributed by atoms with Gasteiger partial charge in [0.1, 0.15) is 5.71 Å². The molecule has 0 heterocycles. The molecule has 0 bridgehead atoms. The predicted molar refractivity (Wildman–Crippen MR) is 204 cm³/mol. The van der Waals surface area contributed by atoms with Gasteiger partial charge in [-0.2, -0.15) is 0 Å². The van der Waals surface area contributed by atoms with E-state index in [-0.39, 0.29) is 16.5 Å². The van der Waals surface area contributed by atoms with Crippen LogP contribution in [-0.4, -0.2) is 11.4 Å². The second-order valence-electron chi connectivity index (χ2n) is 12.3. The Labute approximate surface area is 299 Å². The molecule has 47 heavy (non-hydrogen) atoms. The average Bonchev–Trinajstić information content (AvgIpc) is 3.07. The van der Waals surface area contributed by atoms with Gasteiger partial charge in [-0.25, -0.2) is 4.99 Å². The number of hydrogen-bond donors (Lipinski definition) is 0. The number of rotatable bonds is 20. The van der Waals surface area contributed by atoms with Crippen LogP contribution in [0.1, 0.15) is 167 Å². The number of aliphatic imine (C=N–C) groups is 2. The summed E-state index contributed by atoms with van der Waals surface area (Å²) in [6.45, 7) is 8.97. The molecular weight excluding hydrogens is 615 g/mol. The normalized spacial score (nSPS) is 11.0. The van der Waals surface area contributed by atoms with Gasteiger partial charge in [-0.15, -0.1) is 0 Å². The molecule has 0 aliphatic carbocycles. The van der Waals surface area contributed by atoms with E-state index in [0.717, 1.165) is 78.9 Å². The molecule has 2 aromatic carbocycles. The zero-order chi connectivity index (χ0) is 32.9. The third-order valence-electron chi connectivity index (χ3n) is 7.88. The maximum atomic E-state index is 5.16. The van der Waals surface area contributed by atoms with Crippen molar-refractivity contribution in [2.24, 2.45) is 9.98 Å². The van der Waals surface area contributed by atoms with Crippen molar-refractivity contribution in [1.29, 1.82) is 0 Å². The van der Waals surface area contributed by atoms with E-state index in [0.29, 0.717) is 0 Å². The summed E-state index contributed by atoms with van der Waals surface area (Å²) in [6.07, 6.45) is 23.3. The van der Waals surface area contributed by atoms with Crippen LogP contribution < -0.4 is 0 Å². The van der Waals surface area contributed by atoms with Gasteiger partial charge in [0.05, 0.1) is 17.1 Å². The standard InChI is InChI=1S/C44H60N2.Ni/c1-5-9-13-16-19-21-24-29-39-31-27-33-41(37-39)45-43(35-12-8-4)44(36-26-23-18-15-11-7-3)46-42-34-28-32-40(38-42)30-25-22-20-17-14-10-6-2;/h27-28,31-34,37-38H,5-23,35H2,1-4H3;. The Hall–Kier alpha value is -3.05. The van der Waals surface area contributed by atoms with Crippen molar-refractivity contribution in [3.63, 3.8) is 0 Å². The van der Waals surface area contributed by atoms with Crippen LogP contribution >= 0.6 is 0 Å². The molecule has 0 amide bonds. The van der Waals surface area contributed by atoms with Gasteiger partial charge in [0.15, 0.2) is 0 Å². The topological polar surface area (TPSA) is 24.7 Å². The van der Waals surface area contributed by atoms with Crippen molar-refractivity contribution in [3.05, 3.63) is 59.7 Å². The average molecular weight is 676 g/mol. The first-order chi connectivity index (χ1) is 22.7. The van der Waals surface area contributed by atoms with Gasteiger partial charge < -0.3 is 0 Å². The summed E-state index contributed by atoms with van der Waals surface area (Å²) in [5.41, 5.74) is 5.54. The summed E-state index contributed by atoms with van der Waals surface area (Å²) in [7, 11) is 0. The Bertz CT molecular complexity index is 1370. The van der Waals surface area contributed by atoms with Crippen LogP contribution in [0.25, 0.3) is 0 Å². The SMILES string of the molecule is CCCCCCC#CC(=Nc1cccc(C#CCCCCCCC)c1)C(CCCC)=Nc1cccc(C#CCCCCCCC)c1.[Ni]. The van der Waals surface area contributed by atoms with Gasteiger partial charge >= 0.3 is 0 Å². The van der Waals surface area contributed by atoms with Gasteiger partial charge in [0.2, 0.25) is 0 Å². The van der Waals surface area contributed by atoms with E-state index < -0.39 is 0 Å². The number of unbranched alkanes of at least 4 members (excludes halogenated alkanes) is 15. The Morgan fingerprint density at radius 1 is 0.511 bits per heavy atom. The molecule has 0 radical (unpaired) electrons. The maximum absolute atomic E-state index is 5.16. The fourth-order valence-corrected chi connectivity index (χ4v) is 5.08. The monoisotopic (exact) mass is 674 g/mol. The van der Waals surface area contributed by atoms with Gasteiger partial charge in [-0.05, 0) is 74.4 Å². The van der Waals surface area contributed by atoms with Gasteiger partial charge in [-0.1, -0.05) is 146 Å². The van der Waals surface area contributed by atoms with Crippen molar-refractivity contribution in [3.8, 4) is 35.5 Å². The van der Waals surface area contributed by atoms with Gasteiger partial charge in [0.25, 0.3) is 0 Å². The number of benzene rings is 2. The maximum Gasteiger partial charge on any atom is 0.135 e. The van der Waals surface area contributed by atoms with Crippen molar-refractivity contribution in [2.75, 3.05) is 0 Å². The molecule has 0 unspecified atom stereocenters. The molecule has 256 valence electrons. The van der Waals surface area contributed by atoms with Gasteiger partial charge in [0, 0.05) is 46.9 Å². The Morgan fingerprint density at radius 2 is 0.957 bits per heavy atom. The summed E-state index contributed by atoms with van der Waals surface area (Å²) in [6, 6.07) is 16.6. The van der Waals surface area contributed by atoms with Crippen molar-refractivity contribution in [1.82, 2.24) is 0 Å². The minimum Gasteiger partial charge on any atom is -0.250 e. The van der Waals surface area contributed by atoms with Crippen LogP contribution in [0.2, 0.25) is 0 Å². The van der Waals surface area contributed by atoms with Crippen LogP contribution in [0.15, 0.2) is 58.5 Å². The molecular formula is C44H60N2Ni.